The van der Waals surface area contributed by atoms with Gasteiger partial charge in [-0.05, 0) is 25.7 Å². The molecule has 0 aromatic heterocycles. The first-order valence-electron chi connectivity index (χ1n) is 6.99. The minimum absolute atomic E-state index is 0.0232. The van der Waals surface area contributed by atoms with Crippen molar-refractivity contribution < 1.29 is 14.3 Å². The molecule has 0 radical (unpaired) electrons. The van der Waals surface area contributed by atoms with Gasteiger partial charge in [-0.25, -0.2) is 0 Å². The summed E-state index contributed by atoms with van der Waals surface area (Å²) in [6.45, 7) is 8.83. The van der Waals surface area contributed by atoms with E-state index in [-0.39, 0.29) is 17.7 Å². The zero-order valence-corrected chi connectivity index (χ0v) is 12.7. The molecule has 110 valence electrons. The SMILES string of the molecule is CCC1(C)C(=O)NC(C(C)C)C(=O)N1CCCOC. The van der Waals surface area contributed by atoms with Crippen molar-refractivity contribution in [2.24, 2.45) is 5.92 Å². The quantitative estimate of drug-likeness (QED) is 0.737. The van der Waals surface area contributed by atoms with Crippen molar-refractivity contribution in [1.29, 1.82) is 0 Å². The summed E-state index contributed by atoms with van der Waals surface area (Å²) < 4.78 is 5.03. The number of hydrogen-bond donors (Lipinski definition) is 1. The van der Waals surface area contributed by atoms with Crippen molar-refractivity contribution in [3.05, 3.63) is 0 Å². The Kier molecular flexibility index (Phi) is 5.35. The molecule has 5 heteroatoms. The topological polar surface area (TPSA) is 58.6 Å². The second-order valence-electron chi connectivity index (χ2n) is 5.66. The normalized spacial score (nSPS) is 27.9. The highest BCUT2D eigenvalue weighted by atomic mass is 16.5. The number of carbonyl (C=O) groups is 2. The van der Waals surface area contributed by atoms with Crippen LogP contribution in [0.5, 0.6) is 0 Å². The van der Waals surface area contributed by atoms with E-state index in [4.69, 9.17) is 4.74 Å². The Morgan fingerprint density at radius 3 is 2.53 bits per heavy atom. The third-order valence-electron chi connectivity index (χ3n) is 3.99. The van der Waals surface area contributed by atoms with E-state index in [0.29, 0.717) is 19.6 Å². The lowest BCUT2D eigenvalue weighted by molar-refractivity contribution is -0.158. The van der Waals surface area contributed by atoms with E-state index in [1.807, 2.05) is 27.7 Å². The molecule has 0 spiro atoms. The molecule has 1 N–H and O–H groups in total. The lowest BCUT2D eigenvalue weighted by Gasteiger charge is -2.47. The van der Waals surface area contributed by atoms with E-state index in [1.54, 1.807) is 12.0 Å². The molecule has 0 bridgehead atoms. The molecule has 0 aliphatic carbocycles. The molecular weight excluding hydrogens is 244 g/mol. The van der Waals surface area contributed by atoms with Crippen LogP contribution in [0.15, 0.2) is 0 Å². The van der Waals surface area contributed by atoms with Crippen LogP contribution in [0.4, 0.5) is 0 Å². The maximum atomic E-state index is 12.6. The van der Waals surface area contributed by atoms with Gasteiger partial charge in [-0.15, -0.1) is 0 Å². The summed E-state index contributed by atoms with van der Waals surface area (Å²) >= 11 is 0. The first kappa shape index (κ1) is 16.0. The zero-order valence-electron chi connectivity index (χ0n) is 12.7. The molecule has 1 aliphatic rings. The number of nitrogens with zero attached hydrogens (tertiary/aromatic N) is 1. The average Bonchev–Trinajstić information content (AvgIpc) is 2.37. The number of methoxy groups -OCH3 is 1. The van der Waals surface area contributed by atoms with E-state index in [1.165, 1.54) is 0 Å². The maximum Gasteiger partial charge on any atom is 0.246 e. The van der Waals surface area contributed by atoms with Crippen LogP contribution < -0.4 is 5.32 Å². The largest absolute Gasteiger partial charge is 0.385 e. The number of carbonyl (C=O) groups excluding carboxylic acids is 2. The van der Waals surface area contributed by atoms with Gasteiger partial charge in [0.05, 0.1) is 0 Å². The number of rotatable bonds is 6. The van der Waals surface area contributed by atoms with Crippen LogP contribution in [-0.2, 0) is 14.3 Å². The van der Waals surface area contributed by atoms with Crippen LogP contribution in [0.25, 0.3) is 0 Å². The van der Waals surface area contributed by atoms with Gasteiger partial charge < -0.3 is 15.0 Å². The Hall–Kier alpha value is -1.10. The first-order chi connectivity index (χ1) is 8.88. The fourth-order valence-corrected chi connectivity index (χ4v) is 2.42. The third-order valence-corrected chi connectivity index (χ3v) is 3.99. The molecule has 2 amide bonds. The van der Waals surface area contributed by atoms with Crippen molar-refractivity contribution in [3.8, 4) is 0 Å². The molecule has 1 heterocycles. The molecule has 2 unspecified atom stereocenters. The number of nitrogens with one attached hydrogen (secondary N) is 1. The molecular formula is C14H26N2O3. The molecule has 1 rings (SSSR count). The van der Waals surface area contributed by atoms with Gasteiger partial charge in [0, 0.05) is 20.3 Å². The highest BCUT2D eigenvalue weighted by Gasteiger charge is 2.48. The van der Waals surface area contributed by atoms with Crippen molar-refractivity contribution in [2.45, 2.75) is 52.1 Å². The number of amides is 2. The van der Waals surface area contributed by atoms with Gasteiger partial charge in [0.15, 0.2) is 0 Å². The molecule has 0 aromatic carbocycles. The molecule has 0 aromatic rings. The van der Waals surface area contributed by atoms with Crippen molar-refractivity contribution >= 4 is 11.8 Å². The smallest absolute Gasteiger partial charge is 0.246 e. The van der Waals surface area contributed by atoms with Crippen molar-refractivity contribution in [1.82, 2.24) is 10.2 Å². The molecule has 19 heavy (non-hydrogen) atoms. The molecule has 1 aliphatic heterocycles. The average molecular weight is 270 g/mol. The Bertz CT molecular complexity index is 344. The summed E-state index contributed by atoms with van der Waals surface area (Å²) in [6.07, 6.45) is 1.36. The second kappa shape index (κ2) is 6.37. The van der Waals surface area contributed by atoms with E-state index in [9.17, 15) is 9.59 Å². The lowest BCUT2D eigenvalue weighted by Crippen LogP contribution is -2.70. The minimum atomic E-state index is -0.740. The monoisotopic (exact) mass is 270 g/mol. The summed E-state index contributed by atoms with van der Waals surface area (Å²) in [5.41, 5.74) is -0.740. The van der Waals surface area contributed by atoms with Gasteiger partial charge >= 0.3 is 0 Å². The van der Waals surface area contributed by atoms with Gasteiger partial charge in [-0.2, -0.15) is 0 Å². The summed E-state index contributed by atoms with van der Waals surface area (Å²) in [5.74, 6) is 0.0727. The van der Waals surface area contributed by atoms with E-state index in [0.717, 1.165) is 6.42 Å². The highest BCUT2D eigenvalue weighted by Crippen LogP contribution is 2.27. The number of ether oxygens (including phenoxy) is 1. The second-order valence-corrected chi connectivity index (χ2v) is 5.66. The van der Waals surface area contributed by atoms with Gasteiger partial charge in [-0.3, -0.25) is 9.59 Å². The van der Waals surface area contributed by atoms with Crippen LogP contribution in [0.1, 0.15) is 40.5 Å². The van der Waals surface area contributed by atoms with Crippen LogP contribution in [0.3, 0.4) is 0 Å². The van der Waals surface area contributed by atoms with Crippen LogP contribution in [0, 0.1) is 5.92 Å². The standard InChI is InChI=1S/C14H26N2O3/c1-6-14(4)13(18)15-11(10(2)3)12(17)16(14)8-7-9-19-5/h10-11H,6-9H2,1-5H3,(H,15,18). The van der Waals surface area contributed by atoms with Crippen LogP contribution >= 0.6 is 0 Å². The molecule has 2 atom stereocenters. The van der Waals surface area contributed by atoms with Crippen molar-refractivity contribution in [2.75, 3.05) is 20.3 Å². The molecule has 5 nitrogen and oxygen atoms in total. The summed E-state index contributed by atoms with van der Waals surface area (Å²) in [6, 6.07) is -0.408. The molecule has 1 fully saturated rings. The number of piperazine rings is 1. The van der Waals surface area contributed by atoms with Crippen LogP contribution in [0.2, 0.25) is 0 Å². The fourth-order valence-electron chi connectivity index (χ4n) is 2.42. The Balaban J connectivity index is 2.94. The highest BCUT2D eigenvalue weighted by molar-refractivity contribution is 5.99. The van der Waals surface area contributed by atoms with E-state index in [2.05, 4.69) is 5.32 Å². The third kappa shape index (κ3) is 3.08. The first-order valence-corrected chi connectivity index (χ1v) is 6.99. The summed E-state index contributed by atoms with van der Waals surface area (Å²) in [5, 5.41) is 2.87. The summed E-state index contributed by atoms with van der Waals surface area (Å²) in [4.78, 5) is 26.6. The Morgan fingerprint density at radius 1 is 1.42 bits per heavy atom. The van der Waals surface area contributed by atoms with Gasteiger partial charge in [-0.1, -0.05) is 20.8 Å². The predicted molar refractivity (Wildman–Crippen MR) is 73.7 cm³/mol. The Labute approximate surface area is 115 Å². The van der Waals surface area contributed by atoms with Crippen molar-refractivity contribution in [3.63, 3.8) is 0 Å². The minimum Gasteiger partial charge on any atom is -0.385 e. The summed E-state index contributed by atoms with van der Waals surface area (Å²) in [7, 11) is 1.64. The van der Waals surface area contributed by atoms with Gasteiger partial charge in [0.1, 0.15) is 11.6 Å². The van der Waals surface area contributed by atoms with Gasteiger partial charge in [0.2, 0.25) is 11.8 Å². The number of hydrogen-bond acceptors (Lipinski definition) is 3. The Morgan fingerprint density at radius 2 is 2.05 bits per heavy atom. The zero-order chi connectivity index (χ0) is 14.6. The lowest BCUT2D eigenvalue weighted by atomic mass is 9.87. The van der Waals surface area contributed by atoms with E-state index >= 15 is 0 Å². The predicted octanol–water partition coefficient (Wildman–Crippen LogP) is 1.17. The molecule has 0 saturated carbocycles. The van der Waals surface area contributed by atoms with Gasteiger partial charge in [0.25, 0.3) is 0 Å². The van der Waals surface area contributed by atoms with E-state index < -0.39 is 11.6 Å². The molecule has 1 saturated heterocycles. The van der Waals surface area contributed by atoms with Crippen LogP contribution in [-0.4, -0.2) is 48.6 Å². The maximum absolute atomic E-state index is 12.6. The fraction of sp³-hybridized carbons (Fsp3) is 0.857.